The zero-order chi connectivity index (χ0) is 16.4. The minimum atomic E-state index is 0.424. The van der Waals surface area contributed by atoms with E-state index in [0.29, 0.717) is 27.3 Å². The Morgan fingerprint density at radius 3 is 2.13 bits per heavy atom. The van der Waals surface area contributed by atoms with Crippen molar-refractivity contribution >= 4 is 22.6 Å². The highest BCUT2D eigenvalue weighted by atomic mass is 127. The van der Waals surface area contributed by atoms with Crippen LogP contribution in [0.5, 0.6) is 17.2 Å². The first-order valence-electron chi connectivity index (χ1n) is 7.69. The summed E-state index contributed by atoms with van der Waals surface area (Å²) in [5.74, 6) is 3.11. The molecule has 0 spiro atoms. The van der Waals surface area contributed by atoms with Crippen molar-refractivity contribution in [2.24, 2.45) is 0 Å². The van der Waals surface area contributed by atoms with Crippen LogP contribution in [-0.4, -0.2) is 25.3 Å². The molecule has 3 nitrogen and oxygen atoms in total. The number of hydrogen-bond acceptors (Lipinski definition) is 3. The Morgan fingerprint density at radius 2 is 1.57 bits per heavy atom. The maximum atomic E-state index is 5.69. The minimum Gasteiger partial charge on any atom is -0.493 e. The van der Waals surface area contributed by atoms with Gasteiger partial charge in [-0.2, -0.15) is 0 Å². The second-order valence-electron chi connectivity index (χ2n) is 5.72. The standard InChI is InChI=1S/C19H21IO3/c1-21-16-10-9-13(18(22-2)19(16)23-3)17-14(11-15(17)20)12-7-5-4-6-8-12/h4-10,14-15,17H,11H2,1-3H3/t14-,15-,17-/m1/s1. The van der Waals surface area contributed by atoms with Crippen molar-refractivity contribution in [1.82, 2.24) is 0 Å². The van der Waals surface area contributed by atoms with E-state index in [1.807, 2.05) is 6.07 Å². The summed E-state index contributed by atoms with van der Waals surface area (Å²) in [6.07, 6.45) is 1.19. The lowest BCUT2D eigenvalue weighted by atomic mass is 9.66. The molecule has 3 rings (SSSR count). The van der Waals surface area contributed by atoms with Gasteiger partial charge in [-0.15, -0.1) is 0 Å². The molecule has 122 valence electrons. The van der Waals surface area contributed by atoms with Gasteiger partial charge in [0, 0.05) is 15.4 Å². The molecule has 0 bridgehead atoms. The van der Waals surface area contributed by atoms with E-state index in [-0.39, 0.29) is 0 Å². The number of methoxy groups -OCH3 is 3. The molecule has 23 heavy (non-hydrogen) atoms. The molecule has 1 fully saturated rings. The molecule has 0 saturated heterocycles. The predicted octanol–water partition coefficient (Wildman–Crippen LogP) is 4.79. The monoisotopic (exact) mass is 424 g/mol. The number of benzene rings is 2. The van der Waals surface area contributed by atoms with E-state index in [2.05, 4.69) is 59.0 Å². The molecule has 0 aromatic heterocycles. The molecule has 0 N–H and O–H groups in total. The van der Waals surface area contributed by atoms with Gasteiger partial charge in [0.1, 0.15) is 0 Å². The van der Waals surface area contributed by atoms with Gasteiger partial charge in [-0.1, -0.05) is 59.0 Å². The summed E-state index contributed by atoms with van der Waals surface area (Å²) in [7, 11) is 4.99. The fraction of sp³-hybridized carbons (Fsp3) is 0.368. The topological polar surface area (TPSA) is 27.7 Å². The largest absolute Gasteiger partial charge is 0.493 e. The SMILES string of the molecule is COc1ccc([C@H]2[C@H](I)C[C@@H]2c2ccccc2)c(OC)c1OC. The van der Waals surface area contributed by atoms with E-state index in [9.17, 15) is 0 Å². The lowest BCUT2D eigenvalue weighted by molar-refractivity contribution is 0.309. The first-order valence-corrected chi connectivity index (χ1v) is 8.93. The number of halogens is 1. The van der Waals surface area contributed by atoms with Crippen LogP contribution >= 0.6 is 22.6 Å². The molecule has 0 heterocycles. The molecular weight excluding hydrogens is 403 g/mol. The van der Waals surface area contributed by atoms with Crippen LogP contribution in [0.1, 0.15) is 29.4 Å². The van der Waals surface area contributed by atoms with Crippen molar-refractivity contribution < 1.29 is 14.2 Å². The quantitative estimate of drug-likeness (QED) is 0.511. The smallest absolute Gasteiger partial charge is 0.203 e. The second-order valence-corrected chi connectivity index (χ2v) is 7.32. The minimum absolute atomic E-state index is 0.424. The Hall–Kier alpha value is -1.43. The average Bonchev–Trinajstić information content (AvgIpc) is 2.59. The molecule has 4 heteroatoms. The number of alkyl halides is 1. The van der Waals surface area contributed by atoms with Crippen LogP contribution in [0.2, 0.25) is 0 Å². The third kappa shape index (κ3) is 2.89. The molecule has 2 aromatic rings. The maximum absolute atomic E-state index is 5.69. The van der Waals surface area contributed by atoms with Crippen molar-refractivity contribution in [1.29, 1.82) is 0 Å². The highest BCUT2D eigenvalue weighted by Gasteiger charge is 2.43. The molecule has 0 aliphatic heterocycles. The number of rotatable bonds is 5. The zero-order valence-electron chi connectivity index (χ0n) is 13.6. The predicted molar refractivity (Wildman–Crippen MR) is 100 cm³/mol. The number of hydrogen-bond donors (Lipinski definition) is 0. The Balaban J connectivity index is 2.03. The van der Waals surface area contributed by atoms with Gasteiger partial charge in [-0.25, -0.2) is 0 Å². The fourth-order valence-corrected chi connectivity index (χ4v) is 4.87. The van der Waals surface area contributed by atoms with Gasteiger partial charge in [-0.3, -0.25) is 0 Å². The fourth-order valence-electron chi connectivity index (χ4n) is 3.43. The summed E-state index contributed by atoms with van der Waals surface area (Å²) in [5.41, 5.74) is 2.59. The molecule has 1 aliphatic carbocycles. The highest BCUT2D eigenvalue weighted by Crippen LogP contribution is 2.57. The summed E-state index contributed by atoms with van der Waals surface area (Å²) >= 11 is 2.55. The second kappa shape index (κ2) is 6.99. The Labute approximate surface area is 151 Å². The molecular formula is C19H21IO3. The average molecular weight is 424 g/mol. The maximum Gasteiger partial charge on any atom is 0.203 e. The van der Waals surface area contributed by atoms with Crippen molar-refractivity contribution in [2.45, 2.75) is 22.2 Å². The van der Waals surface area contributed by atoms with E-state index in [0.717, 1.165) is 5.75 Å². The normalized spacial score (nSPS) is 23.0. The van der Waals surface area contributed by atoms with E-state index >= 15 is 0 Å². The van der Waals surface area contributed by atoms with Gasteiger partial charge < -0.3 is 14.2 Å². The van der Waals surface area contributed by atoms with Gasteiger partial charge >= 0.3 is 0 Å². The van der Waals surface area contributed by atoms with Gasteiger partial charge in [-0.05, 0) is 24.0 Å². The van der Waals surface area contributed by atoms with Crippen LogP contribution in [0.3, 0.4) is 0 Å². The van der Waals surface area contributed by atoms with Crippen LogP contribution in [0.25, 0.3) is 0 Å². The van der Waals surface area contributed by atoms with Crippen LogP contribution in [0.4, 0.5) is 0 Å². The lowest BCUT2D eigenvalue weighted by Crippen LogP contribution is -2.33. The number of ether oxygens (including phenoxy) is 3. The first-order chi connectivity index (χ1) is 11.2. The third-order valence-corrected chi connectivity index (χ3v) is 5.91. The van der Waals surface area contributed by atoms with Crippen LogP contribution in [-0.2, 0) is 0 Å². The molecule has 0 radical (unpaired) electrons. The van der Waals surface area contributed by atoms with Gasteiger partial charge in [0.15, 0.2) is 11.5 Å². The first kappa shape index (κ1) is 16.4. The molecule has 2 aromatic carbocycles. The van der Waals surface area contributed by atoms with Crippen molar-refractivity contribution in [3.63, 3.8) is 0 Å². The van der Waals surface area contributed by atoms with Crippen molar-refractivity contribution in [2.75, 3.05) is 21.3 Å². The summed E-state index contributed by atoms with van der Waals surface area (Å²) in [6.45, 7) is 0. The lowest BCUT2D eigenvalue weighted by Gasteiger charge is -2.43. The zero-order valence-corrected chi connectivity index (χ0v) is 15.7. The van der Waals surface area contributed by atoms with E-state index in [4.69, 9.17) is 14.2 Å². The molecule has 1 saturated carbocycles. The summed E-state index contributed by atoms with van der Waals surface area (Å²) < 4.78 is 17.2. The van der Waals surface area contributed by atoms with E-state index < -0.39 is 0 Å². The van der Waals surface area contributed by atoms with E-state index in [1.54, 1.807) is 21.3 Å². The van der Waals surface area contributed by atoms with Crippen LogP contribution in [0.15, 0.2) is 42.5 Å². The van der Waals surface area contributed by atoms with Crippen molar-refractivity contribution in [3.05, 3.63) is 53.6 Å². The summed E-state index contributed by atoms with van der Waals surface area (Å²) in [5, 5.41) is 0. The molecule has 0 amide bonds. The Bertz CT molecular complexity index is 672. The molecule has 0 unspecified atom stereocenters. The summed E-state index contributed by atoms with van der Waals surface area (Å²) in [6, 6.07) is 14.8. The van der Waals surface area contributed by atoms with Gasteiger partial charge in [0.25, 0.3) is 0 Å². The van der Waals surface area contributed by atoms with Crippen LogP contribution < -0.4 is 14.2 Å². The third-order valence-electron chi connectivity index (χ3n) is 4.62. The van der Waals surface area contributed by atoms with Crippen LogP contribution in [0, 0.1) is 0 Å². The van der Waals surface area contributed by atoms with E-state index in [1.165, 1.54) is 17.5 Å². The summed E-state index contributed by atoms with van der Waals surface area (Å²) in [4.78, 5) is 0. The van der Waals surface area contributed by atoms with Crippen molar-refractivity contribution in [3.8, 4) is 17.2 Å². The Morgan fingerprint density at radius 1 is 0.870 bits per heavy atom. The van der Waals surface area contributed by atoms with Gasteiger partial charge in [0.2, 0.25) is 5.75 Å². The molecule has 3 atom stereocenters. The Kier molecular flexibility index (Phi) is 4.99. The van der Waals surface area contributed by atoms with Gasteiger partial charge in [0.05, 0.1) is 21.3 Å². The highest BCUT2D eigenvalue weighted by molar-refractivity contribution is 14.1. The molecule has 1 aliphatic rings.